The third-order valence-electron chi connectivity index (χ3n) is 4.80. The zero-order valence-corrected chi connectivity index (χ0v) is 18.5. The molecule has 3 aromatic rings. The standard InChI is InChI=1S/C23H19FN2O6S/c1-3-30-23(29)18-12(2)19(21(28)25-15-8-9-16-17(10-15)32-11-31-16)33-22(18)26-20(27)13-4-6-14(24)7-5-13/h4-10H,3,11H2,1-2H3,(H,25,28)(H,26,27). The lowest BCUT2D eigenvalue weighted by molar-refractivity contribution is 0.0527. The summed E-state index contributed by atoms with van der Waals surface area (Å²) in [5, 5.41) is 5.56. The first-order valence-electron chi connectivity index (χ1n) is 9.95. The van der Waals surface area contributed by atoms with Crippen LogP contribution in [0.4, 0.5) is 15.1 Å². The highest BCUT2D eigenvalue weighted by Gasteiger charge is 2.27. The summed E-state index contributed by atoms with van der Waals surface area (Å²) in [6.45, 7) is 3.49. The quantitative estimate of drug-likeness (QED) is 0.510. The van der Waals surface area contributed by atoms with E-state index in [2.05, 4.69) is 10.6 Å². The summed E-state index contributed by atoms with van der Waals surface area (Å²) in [6, 6.07) is 9.93. The molecule has 0 atom stereocenters. The van der Waals surface area contributed by atoms with Gasteiger partial charge >= 0.3 is 5.97 Å². The molecular formula is C23H19FN2O6S. The van der Waals surface area contributed by atoms with E-state index in [4.69, 9.17) is 14.2 Å². The van der Waals surface area contributed by atoms with Gasteiger partial charge in [0.2, 0.25) is 6.79 Å². The van der Waals surface area contributed by atoms with E-state index in [-0.39, 0.29) is 34.4 Å². The number of benzene rings is 2. The van der Waals surface area contributed by atoms with E-state index in [1.165, 1.54) is 12.1 Å². The molecule has 0 aliphatic carbocycles. The molecule has 1 aliphatic heterocycles. The highest BCUT2D eigenvalue weighted by Crippen LogP contribution is 2.37. The second kappa shape index (κ2) is 9.29. The molecule has 0 bridgehead atoms. The zero-order valence-electron chi connectivity index (χ0n) is 17.7. The van der Waals surface area contributed by atoms with E-state index < -0.39 is 23.6 Å². The predicted octanol–water partition coefficient (Wildman–Crippen LogP) is 4.61. The van der Waals surface area contributed by atoms with Crippen LogP contribution < -0.4 is 20.1 Å². The Labute approximate surface area is 192 Å². The van der Waals surface area contributed by atoms with Crippen molar-refractivity contribution in [3.63, 3.8) is 0 Å². The molecule has 10 heteroatoms. The van der Waals surface area contributed by atoms with E-state index in [9.17, 15) is 18.8 Å². The van der Waals surface area contributed by atoms with Gasteiger partial charge in [-0.25, -0.2) is 9.18 Å². The molecule has 2 amide bonds. The lowest BCUT2D eigenvalue weighted by atomic mass is 10.1. The Bertz CT molecular complexity index is 1240. The number of fused-ring (bicyclic) bond motifs is 1. The maximum absolute atomic E-state index is 13.2. The van der Waals surface area contributed by atoms with Gasteiger partial charge in [0.15, 0.2) is 11.5 Å². The minimum Gasteiger partial charge on any atom is -0.462 e. The monoisotopic (exact) mass is 470 g/mol. The van der Waals surface area contributed by atoms with E-state index in [1.807, 2.05) is 0 Å². The third kappa shape index (κ3) is 4.65. The van der Waals surface area contributed by atoms with E-state index in [0.29, 0.717) is 22.7 Å². The molecule has 2 N–H and O–H groups in total. The molecule has 4 rings (SSSR count). The summed E-state index contributed by atoms with van der Waals surface area (Å²) in [5.41, 5.74) is 1.13. The summed E-state index contributed by atoms with van der Waals surface area (Å²) < 4.78 is 28.9. The number of esters is 1. The van der Waals surface area contributed by atoms with Gasteiger partial charge in [0.1, 0.15) is 10.8 Å². The van der Waals surface area contributed by atoms with Gasteiger partial charge in [-0.2, -0.15) is 0 Å². The van der Waals surface area contributed by atoms with Crippen molar-refractivity contribution in [3.05, 3.63) is 69.8 Å². The molecule has 0 saturated carbocycles. The molecule has 33 heavy (non-hydrogen) atoms. The van der Waals surface area contributed by atoms with Gasteiger partial charge in [-0.3, -0.25) is 9.59 Å². The van der Waals surface area contributed by atoms with Crippen molar-refractivity contribution < 1.29 is 33.0 Å². The van der Waals surface area contributed by atoms with E-state index >= 15 is 0 Å². The largest absolute Gasteiger partial charge is 0.462 e. The molecule has 1 aliphatic rings. The molecule has 1 aromatic heterocycles. The smallest absolute Gasteiger partial charge is 0.341 e. The Hall–Kier alpha value is -3.92. The minimum absolute atomic E-state index is 0.0909. The number of halogens is 1. The van der Waals surface area contributed by atoms with Gasteiger partial charge in [0, 0.05) is 17.3 Å². The molecule has 170 valence electrons. The van der Waals surface area contributed by atoms with Crippen molar-refractivity contribution in [3.8, 4) is 11.5 Å². The fraction of sp³-hybridized carbons (Fsp3) is 0.174. The van der Waals surface area contributed by atoms with Crippen LogP contribution in [0, 0.1) is 12.7 Å². The van der Waals surface area contributed by atoms with Crippen LogP contribution in [0.5, 0.6) is 11.5 Å². The Morgan fingerprint density at radius 2 is 1.76 bits per heavy atom. The molecule has 0 spiro atoms. The van der Waals surface area contributed by atoms with E-state index in [0.717, 1.165) is 23.5 Å². The maximum atomic E-state index is 13.2. The highest BCUT2D eigenvalue weighted by atomic mass is 32.1. The normalized spacial score (nSPS) is 11.7. The van der Waals surface area contributed by atoms with Crippen LogP contribution in [0.1, 0.15) is 42.9 Å². The van der Waals surface area contributed by atoms with Crippen LogP contribution >= 0.6 is 11.3 Å². The Balaban J connectivity index is 1.62. The molecule has 2 heterocycles. The number of amides is 2. The van der Waals surface area contributed by atoms with Crippen molar-refractivity contribution in [2.24, 2.45) is 0 Å². The number of ether oxygens (including phenoxy) is 3. The zero-order chi connectivity index (χ0) is 23.5. The first-order valence-corrected chi connectivity index (χ1v) is 10.8. The first-order chi connectivity index (χ1) is 15.9. The number of carbonyl (C=O) groups excluding carboxylic acids is 3. The highest BCUT2D eigenvalue weighted by molar-refractivity contribution is 7.19. The summed E-state index contributed by atoms with van der Waals surface area (Å²) in [5.74, 6) is -1.07. The van der Waals surface area contributed by atoms with Gasteiger partial charge < -0.3 is 24.8 Å². The van der Waals surface area contributed by atoms with Crippen LogP contribution in [0.2, 0.25) is 0 Å². The maximum Gasteiger partial charge on any atom is 0.341 e. The minimum atomic E-state index is -0.664. The predicted molar refractivity (Wildman–Crippen MR) is 120 cm³/mol. The number of rotatable bonds is 6. The Kier molecular flexibility index (Phi) is 6.27. The fourth-order valence-corrected chi connectivity index (χ4v) is 4.29. The van der Waals surface area contributed by atoms with Crippen molar-refractivity contribution in [2.75, 3.05) is 24.0 Å². The van der Waals surface area contributed by atoms with Crippen molar-refractivity contribution in [2.45, 2.75) is 13.8 Å². The third-order valence-corrected chi connectivity index (χ3v) is 6.00. The van der Waals surface area contributed by atoms with Crippen LogP contribution in [0.3, 0.4) is 0 Å². The fourth-order valence-electron chi connectivity index (χ4n) is 3.21. The molecule has 0 radical (unpaired) electrons. The second-order valence-corrected chi connectivity index (χ2v) is 7.98. The number of hydrogen-bond acceptors (Lipinski definition) is 7. The Morgan fingerprint density at radius 3 is 2.48 bits per heavy atom. The van der Waals surface area contributed by atoms with Crippen LogP contribution in [-0.2, 0) is 4.74 Å². The molecule has 2 aromatic carbocycles. The molecule has 0 saturated heterocycles. The van der Waals surface area contributed by atoms with Gasteiger partial charge in [0.05, 0.1) is 17.0 Å². The average Bonchev–Trinajstić information content (AvgIpc) is 3.38. The number of nitrogens with one attached hydrogen (secondary N) is 2. The van der Waals surface area contributed by atoms with Crippen LogP contribution in [0.15, 0.2) is 42.5 Å². The lowest BCUT2D eigenvalue weighted by Crippen LogP contribution is -2.15. The SMILES string of the molecule is CCOC(=O)c1c(NC(=O)c2ccc(F)cc2)sc(C(=O)Nc2ccc3c(c2)OCO3)c1C. The number of hydrogen-bond donors (Lipinski definition) is 2. The van der Waals surface area contributed by atoms with Crippen LogP contribution in [0.25, 0.3) is 0 Å². The molecule has 8 nitrogen and oxygen atoms in total. The van der Waals surface area contributed by atoms with Crippen molar-refractivity contribution >= 4 is 39.8 Å². The molecule has 0 unspecified atom stereocenters. The average molecular weight is 470 g/mol. The van der Waals surface area contributed by atoms with Gasteiger partial charge in [-0.1, -0.05) is 0 Å². The summed E-state index contributed by atoms with van der Waals surface area (Å²) in [4.78, 5) is 38.5. The lowest BCUT2D eigenvalue weighted by Gasteiger charge is -2.07. The van der Waals surface area contributed by atoms with Crippen molar-refractivity contribution in [1.82, 2.24) is 0 Å². The summed E-state index contributed by atoms with van der Waals surface area (Å²) in [7, 11) is 0. The second-order valence-electron chi connectivity index (χ2n) is 6.96. The number of anilines is 2. The van der Waals surface area contributed by atoms with Gasteiger partial charge in [0.25, 0.3) is 11.8 Å². The van der Waals surface area contributed by atoms with Gasteiger partial charge in [-0.05, 0) is 55.8 Å². The topological polar surface area (TPSA) is 103 Å². The Morgan fingerprint density at radius 1 is 1.03 bits per heavy atom. The number of thiophene rings is 1. The van der Waals surface area contributed by atoms with Gasteiger partial charge in [-0.15, -0.1) is 11.3 Å². The molecular weight excluding hydrogens is 451 g/mol. The summed E-state index contributed by atoms with van der Waals surface area (Å²) in [6.07, 6.45) is 0. The molecule has 0 fully saturated rings. The number of carbonyl (C=O) groups is 3. The van der Waals surface area contributed by atoms with E-state index in [1.54, 1.807) is 32.0 Å². The first kappa shape index (κ1) is 22.3. The van der Waals surface area contributed by atoms with Crippen molar-refractivity contribution in [1.29, 1.82) is 0 Å². The summed E-state index contributed by atoms with van der Waals surface area (Å²) >= 11 is 0.944. The van der Waals surface area contributed by atoms with Crippen LogP contribution in [-0.4, -0.2) is 31.2 Å².